The molecule has 0 saturated carbocycles. The third kappa shape index (κ3) is 8.83. The van der Waals surface area contributed by atoms with Crippen LogP contribution >= 0.6 is 0 Å². The van der Waals surface area contributed by atoms with E-state index in [0.717, 1.165) is 10.6 Å². The lowest BCUT2D eigenvalue weighted by Gasteiger charge is -2.28. The summed E-state index contributed by atoms with van der Waals surface area (Å²) in [5.74, 6) is -1.69. The molecule has 0 fully saturated rings. The lowest BCUT2D eigenvalue weighted by atomic mass is 9.99. The molecule has 2 aromatic carbocycles. The maximum atomic E-state index is 14.0. The van der Waals surface area contributed by atoms with Crippen LogP contribution in [-0.2, 0) is 35.8 Å². The van der Waals surface area contributed by atoms with Crippen LogP contribution in [0.3, 0.4) is 0 Å². The first kappa shape index (κ1) is 33.6. The van der Waals surface area contributed by atoms with Gasteiger partial charge in [0.25, 0.3) is 10.0 Å². The first-order valence-electron chi connectivity index (χ1n) is 13.7. The normalized spacial score (nSPS) is 13.5. The van der Waals surface area contributed by atoms with Crippen LogP contribution < -0.4 is 14.9 Å². The van der Waals surface area contributed by atoms with E-state index in [2.05, 4.69) is 25.3 Å². The number of aromatic nitrogens is 2. The van der Waals surface area contributed by atoms with Crippen LogP contribution in [0.1, 0.15) is 33.3 Å². The standard InChI is InChI=1S/C28H39N5O8S2/c1-17(2)15-33(43(39,40)21-10-11-22-23(13-21)31-27(30-22)32-28(36)41-5)24-9-7-8-20(25(24)34)12-18(3)14-29-26(35)19(4)16-42(6,37)38/h7-11,13,17-19,34H,12,14-16H2,1-6H3,(H,29,35)(H2,30,31,32,36)/t18?,19-/m0/s1. The van der Waals surface area contributed by atoms with Crippen molar-refractivity contribution in [3.63, 3.8) is 0 Å². The van der Waals surface area contributed by atoms with E-state index in [-0.39, 0.29) is 58.9 Å². The fourth-order valence-electron chi connectivity index (χ4n) is 4.51. The Kier molecular flexibility index (Phi) is 10.7. The molecule has 1 aromatic heterocycles. The quantitative estimate of drug-likeness (QED) is 0.218. The van der Waals surface area contributed by atoms with E-state index < -0.39 is 31.9 Å². The number of carbonyl (C=O) groups is 2. The molecule has 13 nitrogen and oxygen atoms in total. The number of hydrogen-bond acceptors (Lipinski definition) is 9. The summed E-state index contributed by atoms with van der Waals surface area (Å²) in [6.45, 7) is 7.44. The molecule has 0 spiro atoms. The molecule has 1 unspecified atom stereocenters. The summed E-state index contributed by atoms with van der Waals surface area (Å²) in [5.41, 5.74) is 1.40. The third-order valence-corrected chi connectivity index (χ3v) is 9.42. The van der Waals surface area contributed by atoms with Gasteiger partial charge in [0, 0.05) is 25.3 Å². The lowest BCUT2D eigenvalue weighted by Crippen LogP contribution is -2.36. The predicted octanol–water partition coefficient (Wildman–Crippen LogP) is 3.27. The minimum Gasteiger partial charge on any atom is -0.505 e. The molecule has 3 rings (SSSR count). The molecular weight excluding hydrogens is 598 g/mol. The molecule has 15 heteroatoms. The second kappa shape index (κ2) is 13.6. The molecule has 0 aliphatic rings. The van der Waals surface area contributed by atoms with Gasteiger partial charge in [-0.05, 0) is 48.1 Å². The van der Waals surface area contributed by atoms with E-state index in [1.165, 1.54) is 31.4 Å². The number of rotatable bonds is 13. The number of anilines is 2. The number of phenolic OH excluding ortho intramolecular Hbond substituents is 1. The Morgan fingerprint density at radius 2 is 1.79 bits per heavy atom. The number of methoxy groups -OCH3 is 1. The molecule has 0 bridgehead atoms. The molecule has 0 radical (unpaired) electrons. The molecule has 0 saturated heterocycles. The Bertz CT molecular complexity index is 1690. The summed E-state index contributed by atoms with van der Waals surface area (Å²) in [5, 5.41) is 16.4. The number of hydrogen-bond donors (Lipinski definition) is 4. The van der Waals surface area contributed by atoms with Crippen LogP contribution in [0.4, 0.5) is 16.4 Å². The van der Waals surface area contributed by atoms with Crippen LogP contribution in [0.15, 0.2) is 41.3 Å². The number of sulfonamides is 1. The number of aromatic amines is 1. The molecule has 0 aliphatic heterocycles. The summed E-state index contributed by atoms with van der Waals surface area (Å²) in [6.07, 6.45) is 0.669. The SMILES string of the molecule is COC(=O)Nc1nc2cc(S(=O)(=O)N(CC(C)C)c3cccc(CC(C)CNC(=O)[C@@H](C)CS(C)(=O)=O)c3O)ccc2[nH]1. The highest BCUT2D eigenvalue weighted by molar-refractivity contribution is 7.92. The third-order valence-electron chi connectivity index (χ3n) is 6.54. The number of phenols is 1. The number of nitrogens with one attached hydrogen (secondary N) is 3. The average molecular weight is 638 g/mol. The summed E-state index contributed by atoms with van der Waals surface area (Å²) in [6, 6.07) is 9.22. The summed E-state index contributed by atoms with van der Waals surface area (Å²) in [4.78, 5) is 30.9. The molecule has 236 valence electrons. The molecular formula is C28H39N5O8S2. The molecule has 2 atom stereocenters. The number of benzene rings is 2. The smallest absolute Gasteiger partial charge is 0.413 e. The van der Waals surface area contributed by atoms with Gasteiger partial charge in [0.15, 0.2) is 0 Å². The number of amides is 2. The number of sulfone groups is 1. The van der Waals surface area contributed by atoms with Crippen molar-refractivity contribution in [1.82, 2.24) is 15.3 Å². The molecule has 4 N–H and O–H groups in total. The largest absolute Gasteiger partial charge is 0.505 e. The number of nitrogens with zero attached hydrogens (tertiary/aromatic N) is 2. The number of para-hydroxylation sites is 1. The topological polar surface area (TPSA) is 188 Å². The molecule has 3 aromatic rings. The van der Waals surface area contributed by atoms with Gasteiger partial charge < -0.3 is 20.1 Å². The zero-order chi connectivity index (χ0) is 32.1. The summed E-state index contributed by atoms with van der Waals surface area (Å²) in [7, 11) is -6.27. The summed E-state index contributed by atoms with van der Waals surface area (Å²) < 4.78 is 56.7. The van der Waals surface area contributed by atoms with Gasteiger partial charge >= 0.3 is 6.09 Å². The molecule has 0 aliphatic carbocycles. The van der Waals surface area contributed by atoms with E-state index >= 15 is 0 Å². The highest BCUT2D eigenvalue weighted by Gasteiger charge is 2.29. The van der Waals surface area contributed by atoms with Gasteiger partial charge in [-0.2, -0.15) is 0 Å². The van der Waals surface area contributed by atoms with E-state index in [1.54, 1.807) is 19.1 Å². The van der Waals surface area contributed by atoms with E-state index in [9.17, 15) is 31.5 Å². The van der Waals surface area contributed by atoms with Crippen molar-refractivity contribution in [3.8, 4) is 5.75 Å². The number of fused-ring (bicyclic) bond motifs is 1. The van der Waals surface area contributed by atoms with Crippen molar-refractivity contribution < 1.29 is 36.3 Å². The van der Waals surface area contributed by atoms with Crippen LogP contribution in [0.2, 0.25) is 0 Å². The Balaban J connectivity index is 1.86. The second-order valence-corrected chi connectivity index (χ2v) is 15.2. The Labute approximate surface area is 252 Å². The minimum absolute atomic E-state index is 0.0548. The van der Waals surface area contributed by atoms with E-state index in [0.29, 0.717) is 23.0 Å². The predicted molar refractivity (Wildman–Crippen MR) is 164 cm³/mol. The molecule has 2 amide bonds. The van der Waals surface area contributed by atoms with Crippen molar-refractivity contribution >= 4 is 54.5 Å². The fourth-order valence-corrected chi connectivity index (χ4v) is 7.22. The van der Waals surface area contributed by atoms with Crippen molar-refractivity contribution in [2.75, 3.05) is 41.8 Å². The number of ether oxygens (including phenoxy) is 1. The van der Waals surface area contributed by atoms with Gasteiger partial charge in [-0.25, -0.2) is 26.6 Å². The number of H-pyrrole nitrogens is 1. The van der Waals surface area contributed by atoms with Crippen LogP contribution in [0.5, 0.6) is 5.75 Å². The second-order valence-electron chi connectivity index (χ2n) is 11.1. The Hall–Kier alpha value is -3.85. The van der Waals surface area contributed by atoms with E-state index in [4.69, 9.17) is 0 Å². The van der Waals surface area contributed by atoms with Crippen molar-refractivity contribution in [2.24, 2.45) is 17.8 Å². The highest BCUT2D eigenvalue weighted by atomic mass is 32.2. The van der Waals surface area contributed by atoms with Crippen molar-refractivity contribution in [1.29, 1.82) is 0 Å². The van der Waals surface area contributed by atoms with Crippen LogP contribution in [0, 0.1) is 17.8 Å². The Morgan fingerprint density at radius 3 is 2.42 bits per heavy atom. The van der Waals surface area contributed by atoms with E-state index in [1.807, 2.05) is 20.8 Å². The zero-order valence-electron chi connectivity index (χ0n) is 25.0. The minimum atomic E-state index is -4.17. The number of imidazole rings is 1. The fraction of sp³-hybridized carbons (Fsp3) is 0.464. The van der Waals surface area contributed by atoms with Gasteiger partial charge in [0.1, 0.15) is 15.6 Å². The van der Waals surface area contributed by atoms with Crippen molar-refractivity contribution in [2.45, 2.75) is 39.0 Å². The molecule has 43 heavy (non-hydrogen) atoms. The summed E-state index contributed by atoms with van der Waals surface area (Å²) >= 11 is 0. The van der Waals surface area contributed by atoms with Gasteiger partial charge in [-0.15, -0.1) is 0 Å². The van der Waals surface area contributed by atoms with Gasteiger partial charge in [0.05, 0.1) is 34.5 Å². The first-order valence-corrected chi connectivity index (χ1v) is 17.2. The number of carbonyl (C=O) groups excluding carboxylic acids is 2. The average Bonchev–Trinajstić information content (AvgIpc) is 3.32. The van der Waals surface area contributed by atoms with Gasteiger partial charge in [-0.1, -0.05) is 39.8 Å². The zero-order valence-corrected chi connectivity index (χ0v) is 26.7. The number of aromatic hydroxyl groups is 1. The van der Waals surface area contributed by atoms with Crippen LogP contribution in [-0.4, -0.2) is 76.1 Å². The maximum absolute atomic E-state index is 14.0. The lowest BCUT2D eigenvalue weighted by molar-refractivity contribution is -0.124. The van der Waals surface area contributed by atoms with Gasteiger partial charge in [0.2, 0.25) is 11.9 Å². The maximum Gasteiger partial charge on any atom is 0.413 e. The first-order chi connectivity index (χ1) is 20.0. The van der Waals surface area contributed by atoms with Crippen LogP contribution in [0.25, 0.3) is 11.0 Å². The van der Waals surface area contributed by atoms with Gasteiger partial charge in [-0.3, -0.25) is 14.4 Å². The monoisotopic (exact) mass is 637 g/mol. The molecule has 1 heterocycles. The van der Waals surface area contributed by atoms with Crippen molar-refractivity contribution in [3.05, 3.63) is 42.0 Å². The Morgan fingerprint density at radius 1 is 1.09 bits per heavy atom. The highest BCUT2D eigenvalue weighted by Crippen LogP contribution is 2.36.